The lowest BCUT2D eigenvalue weighted by Crippen LogP contribution is -2.21. The number of aliphatic carboxylic acids is 1. The van der Waals surface area contributed by atoms with E-state index in [9.17, 15) is 9.18 Å². The lowest BCUT2D eigenvalue weighted by molar-refractivity contribution is -0.153. The number of aryl methyl sites for hydroxylation is 1. The van der Waals surface area contributed by atoms with Gasteiger partial charge < -0.3 is 9.84 Å². The standard InChI is InChI=1S/C8H11FN2O3/c1-2-3-11-5-6(4-10-11)14-7(9)8(12)13/h4-5,7H,2-3H2,1H3,(H,12,13). The molecule has 1 heterocycles. The summed E-state index contributed by atoms with van der Waals surface area (Å²) < 4.78 is 18.6. The fourth-order valence-corrected chi connectivity index (χ4v) is 0.927. The van der Waals surface area contributed by atoms with Gasteiger partial charge in [0.15, 0.2) is 5.75 Å². The molecule has 6 heteroatoms. The van der Waals surface area contributed by atoms with Crippen molar-refractivity contribution in [3.8, 4) is 5.75 Å². The van der Waals surface area contributed by atoms with Gasteiger partial charge in [0.1, 0.15) is 0 Å². The molecule has 0 radical (unpaired) electrons. The Morgan fingerprint density at radius 3 is 3.14 bits per heavy atom. The summed E-state index contributed by atoms with van der Waals surface area (Å²) in [4.78, 5) is 10.1. The van der Waals surface area contributed by atoms with Gasteiger partial charge in [-0.25, -0.2) is 4.79 Å². The Balaban J connectivity index is 2.55. The van der Waals surface area contributed by atoms with E-state index in [1.165, 1.54) is 12.4 Å². The van der Waals surface area contributed by atoms with Gasteiger partial charge in [0, 0.05) is 6.54 Å². The first-order valence-corrected chi connectivity index (χ1v) is 4.19. The summed E-state index contributed by atoms with van der Waals surface area (Å²) in [7, 11) is 0. The highest BCUT2D eigenvalue weighted by atomic mass is 19.1. The van der Waals surface area contributed by atoms with Crippen LogP contribution in [0, 0.1) is 0 Å². The van der Waals surface area contributed by atoms with E-state index in [-0.39, 0.29) is 5.75 Å². The predicted molar refractivity (Wildman–Crippen MR) is 45.7 cm³/mol. The Labute approximate surface area is 80.1 Å². The van der Waals surface area contributed by atoms with Crippen LogP contribution in [0.25, 0.3) is 0 Å². The highest BCUT2D eigenvalue weighted by molar-refractivity contribution is 5.70. The van der Waals surface area contributed by atoms with Crippen LogP contribution in [0.15, 0.2) is 12.4 Å². The summed E-state index contributed by atoms with van der Waals surface area (Å²) in [5.74, 6) is -1.53. The molecule has 1 rings (SSSR count). The van der Waals surface area contributed by atoms with Gasteiger partial charge in [0.05, 0.1) is 12.4 Å². The number of halogens is 1. The fraction of sp³-hybridized carbons (Fsp3) is 0.500. The summed E-state index contributed by atoms with van der Waals surface area (Å²) in [6.45, 7) is 2.66. The van der Waals surface area contributed by atoms with Crippen LogP contribution >= 0.6 is 0 Å². The van der Waals surface area contributed by atoms with Gasteiger partial charge >= 0.3 is 12.3 Å². The number of ether oxygens (including phenoxy) is 1. The highest BCUT2D eigenvalue weighted by Gasteiger charge is 2.17. The molecule has 0 aliphatic heterocycles. The van der Waals surface area contributed by atoms with Gasteiger partial charge in [-0.05, 0) is 6.42 Å². The third-order valence-corrected chi connectivity index (χ3v) is 1.50. The van der Waals surface area contributed by atoms with E-state index in [1.54, 1.807) is 4.68 Å². The van der Waals surface area contributed by atoms with Crippen molar-refractivity contribution in [3.63, 3.8) is 0 Å². The largest absolute Gasteiger partial charge is 0.476 e. The zero-order valence-electron chi connectivity index (χ0n) is 7.68. The van der Waals surface area contributed by atoms with E-state index in [0.29, 0.717) is 6.54 Å². The minimum atomic E-state index is -2.34. The van der Waals surface area contributed by atoms with E-state index < -0.39 is 12.3 Å². The number of hydrogen-bond acceptors (Lipinski definition) is 3. The van der Waals surface area contributed by atoms with Crippen LogP contribution in [0.3, 0.4) is 0 Å². The van der Waals surface area contributed by atoms with Gasteiger partial charge in [-0.15, -0.1) is 0 Å². The third kappa shape index (κ3) is 2.72. The van der Waals surface area contributed by atoms with Crippen LogP contribution in [0.4, 0.5) is 4.39 Å². The van der Waals surface area contributed by atoms with Gasteiger partial charge in [-0.3, -0.25) is 4.68 Å². The Bertz CT molecular complexity index is 313. The lowest BCUT2D eigenvalue weighted by Gasteiger charge is -2.03. The van der Waals surface area contributed by atoms with Gasteiger partial charge in [0.25, 0.3) is 0 Å². The number of rotatable bonds is 5. The number of carboxylic acids is 1. The second-order valence-electron chi connectivity index (χ2n) is 2.71. The quantitative estimate of drug-likeness (QED) is 0.775. The predicted octanol–water partition coefficient (Wildman–Crippen LogP) is 1.05. The molecule has 0 saturated heterocycles. The molecule has 0 saturated carbocycles. The van der Waals surface area contributed by atoms with E-state index in [2.05, 4.69) is 9.84 Å². The van der Waals surface area contributed by atoms with Crippen LogP contribution in [0.2, 0.25) is 0 Å². The Morgan fingerprint density at radius 1 is 1.86 bits per heavy atom. The first kappa shape index (κ1) is 10.5. The lowest BCUT2D eigenvalue weighted by atomic mass is 10.5. The number of carbonyl (C=O) groups is 1. The molecular formula is C8H11FN2O3. The molecule has 0 fully saturated rings. The Hall–Kier alpha value is -1.59. The van der Waals surface area contributed by atoms with Crippen LogP contribution in [0.5, 0.6) is 5.75 Å². The van der Waals surface area contributed by atoms with Crippen molar-refractivity contribution in [3.05, 3.63) is 12.4 Å². The normalized spacial score (nSPS) is 12.4. The van der Waals surface area contributed by atoms with Crippen molar-refractivity contribution >= 4 is 5.97 Å². The Kier molecular flexibility index (Phi) is 3.44. The zero-order valence-corrected chi connectivity index (χ0v) is 7.68. The first-order valence-electron chi connectivity index (χ1n) is 4.19. The molecule has 0 aromatic carbocycles. The number of nitrogens with zero attached hydrogens (tertiary/aromatic N) is 2. The average Bonchev–Trinajstić information content (AvgIpc) is 2.53. The van der Waals surface area contributed by atoms with Crippen molar-refractivity contribution in [1.82, 2.24) is 9.78 Å². The summed E-state index contributed by atoms with van der Waals surface area (Å²) in [5, 5.41) is 12.1. The molecule has 14 heavy (non-hydrogen) atoms. The summed E-state index contributed by atoms with van der Waals surface area (Å²) in [6, 6.07) is 0. The summed E-state index contributed by atoms with van der Waals surface area (Å²) in [5.41, 5.74) is 0. The highest BCUT2D eigenvalue weighted by Crippen LogP contribution is 2.11. The molecule has 0 aliphatic rings. The zero-order chi connectivity index (χ0) is 10.6. The van der Waals surface area contributed by atoms with E-state index in [1.807, 2.05) is 6.92 Å². The van der Waals surface area contributed by atoms with Crippen LogP contribution in [-0.2, 0) is 11.3 Å². The van der Waals surface area contributed by atoms with E-state index in [4.69, 9.17) is 5.11 Å². The SMILES string of the molecule is CCCn1cc(OC(F)C(=O)O)cn1. The summed E-state index contributed by atoms with van der Waals surface area (Å²) >= 11 is 0. The van der Waals surface area contributed by atoms with Crippen molar-refractivity contribution in [1.29, 1.82) is 0 Å². The second-order valence-corrected chi connectivity index (χ2v) is 2.71. The summed E-state index contributed by atoms with van der Waals surface area (Å²) in [6.07, 6.45) is 1.29. The van der Waals surface area contributed by atoms with Crippen LogP contribution < -0.4 is 4.74 Å². The molecule has 1 aromatic heterocycles. The molecule has 1 atom stereocenters. The maximum atomic E-state index is 12.5. The monoisotopic (exact) mass is 202 g/mol. The molecule has 5 nitrogen and oxygen atoms in total. The Morgan fingerprint density at radius 2 is 2.57 bits per heavy atom. The van der Waals surface area contributed by atoms with Gasteiger partial charge in [0.2, 0.25) is 0 Å². The number of alkyl halides is 1. The third-order valence-electron chi connectivity index (χ3n) is 1.50. The van der Waals surface area contributed by atoms with E-state index >= 15 is 0 Å². The van der Waals surface area contributed by atoms with Crippen LogP contribution in [0.1, 0.15) is 13.3 Å². The average molecular weight is 202 g/mol. The maximum absolute atomic E-state index is 12.5. The molecule has 1 unspecified atom stereocenters. The molecule has 0 bridgehead atoms. The molecule has 0 aliphatic carbocycles. The number of carboxylic acid groups (broad SMARTS) is 1. The van der Waals surface area contributed by atoms with Crippen LogP contribution in [-0.4, -0.2) is 27.2 Å². The first-order chi connectivity index (χ1) is 6.63. The van der Waals surface area contributed by atoms with Crippen molar-refractivity contribution in [2.75, 3.05) is 0 Å². The van der Waals surface area contributed by atoms with Crippen molar-refractivity contribution < 1.29 is 19.0 Å². The fourth-order valence-electron chi connectivity index (χ4n) is 0.927. The minimum Gasteiger partial charge on any atom is -0.476 e. The molecule has 78 valence electrons. The smallest absolute Gasteiger partial charge is 0.378 e. The molecule has 0 spiro atoms. The van der Waals surface area contributed by atoms with Gasteiger partial charge in [-0.2, -0.15) is 9.49 Å². The number of aromatic nitrogens is 2. The topological polar surface area (TPSA) is 64.3 Å². The molecule has 1 aromatic rings. The number of hydrogen-bond donors (Lipinski definition) is 1. The molecule has 0 amide bonds. The van der Waals surface area contributed by atoms with Crippen molar-refractivity contribution in [2.45, 2.75) is 26.2 Å². The maximum Gasteiger partial charge on any atom is 0.378 e. The molecular weight excluding hydrogens is 191 g/mol. The van der Waals surface area contributed by atoms with Gasteiger partial charge in [-0.1, -0.05) is 6.92 Å². The van der Waals surface area contributed by atoms with E-state index in [0.717, 1.165) is 6.42 Å². The second kappa shape index (κ2) is 4.59. The van der Waals surface area contributed by atoms with Crippen molar-refractivity contribution in [2.24, 2.45) is 0 Å². The minimum absolute atomic E-state index is 0.119. The molecule has 1 N–H and O–H groups in total.